The van der Waals surface area contributed by atoms with E-state index in [1.807, 2.05) is 58.0 Å². The Bertz CT molecular complexity index is 1040. The first-order valence-electron chi connectivity index (χ1n) is 10.1. The maximum Gasteiger partial charge on any atom is 0.233 e. The number of benzene rings is 2. The zero-order chi connectivity index (χ0) is 20.3. The van der Waals surface area contributed by atoms with Crippen molar-refractivity contribution in [2.45, 2.75) is 24.0 Å². The molecule has 1 amide bonds. The summed E-state index contributed by atoms with van der Waals surface area (Å²) in [5.74, 6) is 1.98. The molecule has 2 aromatic carbocycles. The Morgan fingerprint density at radius 2 is 1.93 bits per heavy atom. The topological polar surface area (TPSA) is 69.5 Å². The molecule has 0 spiro atoms. The van der Waals surface area contributed by atoms with E-state index in [1.54, 1.807) is 6.33 Å². The molecule has 1 atom stereocenters. The zero-order valence-corrected chi connectivity index (χ0v) is 17.3. The highest BCUT2D eigenvalue weighted by molar-refractivity contribution is 7.99. The summed E-state index contributed by atoms with van der Waals surface area (Å²) in [6, 6.07) is 16.0. The highest BCUT2D eigenvalue weighted by Crippen LogP contribution is 2.38. The molecule has 0 aliphatic carbocycles. The van der Waals surface area contributed by atoms with Gasteiger partial charge in [0.2, 0.25) is 5.91 Å². The molecular formula is C22H22N4O3S. The summed E-state index contributed by atoms with van der Waals surface area (Å²) in [6.07, 6.45) is 3.63. The van der Waals surface area contributed by atoms with E-state index in [9.17, 15) is 4.79 Å². The largest absolute Gasteiger partial charge is 0.486 e. The second kappa shape index (κ2) is 8.39. The third kappa shape index (κ3) is 3.75. The molecule has 2 aliphatic heterocycles. The molecule has 1 fully saturated rings. The molecule has 2 aliphatic rings. The van der Waals surface area contributed by atoms with E-state index in [4.69, 9.17) is 9.47 Å². The van der Waals surface area contributed by atoms with E-state index in [1.165, 1.54) is 11.8 Å². The van der Waals surface area contributed by atoms with Gasteiger partial charge < -0.3 is 14.4 Å². The van der Waals surface area contributed by atoms with Gasteiger partial charge in [-0.2, -0.15) is 0 Å². The summed E-state index contributed by atoms with van der Waals surface area (Å²) >= 11 is 1.42. The molecule has 1 aromatic heterocycles. The molecule has 7 nitrogen and oxygen atoms in total. The van der Waals surface area contributed by atoms with Crippen molar-refractivity contribution in [1.82, 2.24) is 19.7 Å². The van der Waals surface area contributed by atoms with E-state index in [0.29, 0.717) is 24.1 Å². The van der Waals surface area contributed by atoms with Crippen LogP contribution in [-0.4, -0.2) is 51.1 Å². The van der Waals surface area contributed by atoms with E-state index in [-0.39, 0.29) is 11.9 Å². The molecular weight excluding hydrogens is 400 g/mol. The predicted molar refractivity (Wildman–Crippen MR) is 113 cm³/mol. The number of likely N-dealkylation sites (tertiary alicyclic amines) is 1. The molecule has 8 heteroatoms. The highest BCUT2D eigenvalue weighted by atomic mass is 32.2. The molecule has 5 rings (SSSR count). The predicted octanol–water partition coefficient (Wildman–Crippen LogP) is 3.49. The van der Waals surface area contributed by atoms with Gasteiger partial charge in [0.1, 0.15) is 19.5 Å². The van der Waals surface area contributed by atoms with Crippen LogP contribution in [0.3, 0.4) is 0 Å². The van der Waals surface area contributed by atoms with Crippen LogP contribution in [0.1, 0.15) is 24.4 Å². The fourth-order valence-corrected chi connectivity index (χ4v) is 4.79. The number of fused-ring (bicyclic) bond motifs is 1. The summed E-state index contributed by atoms with van der Waals surface area (Å²) in [6.45, 7) is 1.90. The van der Waals surface area contributed by atoms with Gasteiger partial charge in [-0.25, -0.2) is 0 Å². The number of nitrogens with zero attached hydrogens (tertiary/aromatic N) is 4. The number of para-hydroxylation sites is 1. The Morgan fingerprint density at radius 3 is 2.80 bits per heavy atom. The molecule has 3 heterocycles. The maximum atomic E-state index is 13.1. The lowest BCUT2D eigenvalue weighted by Gasteiger charge is -2.26. The summed E-state index contributed by atoms with van der Waals surface area (Å²) in [5.41, 5.74) is 2.08. The molecule has 30 heavy (non-hydrogen) atoms. The van der Waals surface area contributed by atoms with E-state index in [0.717, 1.165) is 42.1 Å². The van der Waals surface area contributed by atoms with Crippen molar-refractivity contribution in [2.24, 2.45) is 0 Å². The van der Waals surface area contributed by atoms with Gasteiger partial charge in [0.15, 0.2) is 16.7 Å². The Kier molecular flexibility index (Phi) is 5.31. The van der Waals surface area contributed by atoms with Crippen LogP contribution >= 0.6 is 11.8 Å². The van der Waals surface area contributed by atoms with E-state index in [2.05, 4.69) is 10.2 Å². The van der Waals surface area contributed by atoms with Crippen molar-refractivity contribution in [1.29, 1.82) is 0 Å². The van der Waals surface area contributed by atoms with E-state index < -0.39 is 0 Å². The summed E-state index contributed by atoms with van der Waals surface area (Å²) in [4.78, 5) is 15.0. The quantitative estimate of drug-likeness (QED) is 0.586. The van der Waals surface area contributed by atoms with Crippen LogP contribution in [0, 0.1) is 0 Å². The van der Waals surface area contributed by atoms with Gasteiger partial charge in [-0.15, -0.1) is 10.2 Å². The first-order chi connectivity index (χ1) is 14.8. The van der Waals surface area contributed by atoms with Gasteiger partial charge in [0, 0.05) is 12.2 Å². The van der Waals surface area contributed by atoms with Gasteiger partial charge >= 0.3 is 0 Å². The Labute approximate surface area is 179 Å². The van der Waals surface area contributed by atoms with Crippen LogP contribution in [-0.2, 0) is 4.79 Å². The van der Waals surface area contributed by atoms with Crippen LogP contribution in [0.2, 0.25) is 0 Å². The number of aromatic nitrogens is 3. The van der Waals surface area contributed by atoms with E-state index >= 15 is 0 Å². The second-order valence-corrected chi connectivity index (χ2v) is 8.20. The normalized spacial score (nSPS) is 17.9. The van der Waals surface area contributed by atoms with Gasteiger partial charge in [-0.3, -0.25) is 9.36 Å². The smallest absolute Gasteiger partial charge is 0.233 e. The summed E-state index contributed by atoms with van der Waals surface area (Å²) < 4.78 is 13.2. The number of ether oxygens (including phenoxy) is 2. The fourth-order valence-electron chi connectivity index (χ4n) is 3.98. The lowest BCUT2D eigenvalue weighted by molar-refractivity contribution is -0.129. The minimum absolute atomic E-state index is 0.0703. The number of carbonyl (C=O) groups is 1. The Balaban J connectivity index is 1.28. The number of amides is 1. The standard InChI is InChI=1S/C22H22N4O3S/c27-21(14-30-22-24-23-15-26(22)17-5-2-1-3-6-17)25-10-4-7-18(25)16-8-9-19-20(13-16)29-12-11-28-19/h1-3,5-6,8-9,13,15,18H,4,7,10-12,14H2/t18-/m0/s1. The summed E-state index contributed by atoms with van der Waals surface area (Å²) in [5, 5.41) is 8.92. The van der Waals surface area contributed by atoms with Gasteiger partial charge in [0.05, 0.1) is 11.8 Å². The SMILES string of the molecule is O=C(CSc1nncn1-c1ccccc1)N1CCC[C@H]1c1ccc2c(c1)OCCO2. The number of hydrogen-bond donors (Lipinski definition) is 0. The maximum absolute atomic E-state index is 13.1. The van der Waals surface area contributed by atoms with Crippen molar-refractivity contribution in [3.05, 3.63) is 60.4 Å². The molecule has 154 valence electrons. The van der Waals surface area contributed by atoms with Crippen molar-refractivity contribution in [3.8, 4) is 17.2 Å². The molecule has 0 unspecified atom stereocenters. The first-order valence-corrected chi connectivity index (χ1v) is 11.1. The third-order valence-corrected chi connectivity index (χ3v) is 6.33. The van der Waals surface area contributed by atoms with Gasteiger partial charge in [-0.05, 0) is 42.7 Å². The van der Waals surface area contributed by atoms with Crippen LogP contribution in [0.4, 0.5) is 0 Å². The molecule has 0 bridgehead atoms. The first kappa shape index (κ1) is 19.0. The molecule has 0 radical (unpaired) electrons. The highest BCUT2D eigenvalue weighted by Gasteiger charge is 2.31. The zero-order valence-electron chi connectivity index (χ0n) is 16.4. The van der Waals surface area contributed by atoms with Crippen molar-refractivity contribution >= 4 is 17.7 Å². The lowest BCUT2D eigenvalue weighted by atomic mass is 10.0. The van der Waals surface area contributed by atoms with Crippen LogP contribution < -0.4 is 9.47 Å². The minimum Gasteiger partial charge on any atom is -0.486 e. The summed E-state index contributed by atoms with van der Waals surface area (Å²) in [7, 11) is 0. The molecule has 3 aromatic rings. The van der Waals surface area contributed by atoms with Gasteiger partial charge in [0.25, 0.3) is 0 Å². The fraction of sp³-hybridized carbons (Fsp3) is 0.318. The Hall–Kier alpha value is -3.00. The molecule has 0 saturated carbocycles. The second-order valence-electron chi connectivity index (χ2n) is 7.26. The number of rotatable bonds is 5. The van der Waals surface area contributed by atoms with Crippen LogP contribution in [0.5, 0.6) is 11.5 Å². The molecule has 1 saturated heterocycles. The number of thioether (sulfide) groups is 1. The van der Waals surface area contributed by atoms with Crippen LogP contribution in [0.15, 0.2) is 60.0 Å². The average molecular weight is 423 g/mol. The van der Waals surface area contributed by atoms with Crippen molar-refractivity contribution < 1.29 is 14.3 Å². The third-order valence-electron chi connectivity index (χ3n) is 5.40. The number of carbonyl (C=O) groups excluding carboxylic acids is 1. The lowest BCUT2D eigenvalue weighted by Crippen LogP contribution is -2.32. The monoisotopic (exact) mass is 422 g/mol. The average Bonchev–Trinajstić information content (AvgIpc) is 3.47. The van der Waals surface area contributed by atoms with Crippen molar-refractivity contribution in [3.63, 3.8) is 0 Å². The van der Waals surface area contributed by atoms with Gasteiger partial charge in [-0.1, -0.05) is 36.0 Å². The van der Waals surface area contributed by atoms with Crippen molar-refractivity contribution in [2.75, 3.05) is 25.5 Å². The molecule has 0 N–H and O–H groups in total. The number of hydrogen-bond acceptors (Lipinski definition) is 6. The van der Waals surface area contributed by atoms with Crippen LogP contribution in [0.25, 0.3) is 5.69 Å². The minimum atomic E-state index is 0.0703. The Morgan fingerprint density at radius 1 is 1.10 bits per heavy atom.